The maximum Gasteiger partial charge on any atom is 0.290 e. The highest BCUT2D eigenvalue weighted by Crippen LogP contribution is 2.21. The second-order valence-corrected chi connectivity index (χ2v) is 4.28. The van der Waals surface area contributed by atoms with Crippen LogP contribution in [0.3, 0.4) is 0 Å². The van der Waals surface area contributed by atoms with Crippen LogP contribution in [0.25, 0.3) is 0 Å². The quantitative estimate of drug-likeness (QED) is 0.837. The molecule has 20 heavy (non-hydrogen) atoms. The van der Waals surface area contributed by atoms with Crippen LogP contribution in [-0.2, 0) is 0 Å². The van der Waals surface area contributed by atoms with Crippen molar-refractivity contribution in [2.75, 3.05) is 13.7 Å². The number of rotatable bonds is 5. The number of ether oxygens (including phenoxy) is 1. The molecule has 6 heteroatoms. The molecule has 2 aromatic rings. The molecule has 1 atom stereocenters. The number of carbonyl (C=O) groups excluding carboxylic acids is 1. The highest BCUT2D eigenvalue weighted by Gasteiger charge is 2.22. The van der Waals surface area contributed by atoms with Crippen molar-refractivity contribution in [3.8, 4) is 5.95 Å². The van der Waals surface area contributed by atoms with Gasteiger partial charge in [0.05, 0.1) is 18.3 Å². The Hall–Kier alpha value is -2.37. The first kappa shape index (κ1) is 14.0. The third-order valence-corrected chi connectivity index (χ3v) is 3.01. The second-order valence-electron chi connectivity index (χ2n) is 4.28. The van der Waals surface area contributed by atoms with Gasteiger partial charge in [-0.15, -0.1) is 0 Å². The minimum Gasteiger partial charge on any atom is -0.465 e. The molecule has 0 spiro atoms. The van der Waals surface area contributed by atoms with Crippen LogP contribution in [0.4, 0.5) is 0 Å². The predicted molar refractivity (Wildman–Crippen MR) is 72.4 cm³/mol. The Labute approximate surface area is 117 Å². The summed E-state index contributed by atoms with van der Waals surface area (Å²) in [5, 5.41) is 0. The first-order valence-corrected chi connectivity index (χ1v) is 6.39. The van der Waals surface area contributed by atoms with Gasteiger partial charge in [-0.1, -0.05) is 0 Å². The second kappa shape index (κ2) is 6.18. The van der Waals surface area contributed by atoms with E-state index in [1.54, 1.807) is 36.3 Å². The minimum absolute atomic E-state index is 0.175. The topological polar surface area (TPSA) is 68.5 Å². The van der Waals surface area contributed by atoms with Gasteiger partial charge in [-0.3, -0.25) is 4.79 Å². The van der Waals surface area contributed by atoms with Crippen molar-refractivity contribution in [1.82, 2.24) is 14.9 Å². The van der Waals surface area contributed by atoms with E-state index in [1.807, 2.05) is 13.8 Å². The van der Waals surface area contributed by atoms with E-state index in [9.17, 15) is 4.79 Å². The van der Waals surface area contributed by atoms with Gasteiger partial charge in [0.25, 0.3) is 11.9 Å². The molecule has 106 valence electrons. The van der Waals surface area contributed by atoms with Crippen LogP contribution in [0, 0.1) is 0 Å². The summed E-state index contributed by atoms with van der Waals surface area (Å²) in [5.41, 5.74) is 0.771. The minimum atomic E-state index is -0.220. The molecule has 2 heterocycles. The maximum absolute atomic E-state index is 12.3. The van der Waals surface area contributed by atoms with Crippen molar-refractivity contribution in [2.24, 2.45) is 0 Å². The monoisotopic (exact) mass is 275 g/mol. The summed E-state index contributed by atoms with van der Waals surface area (Å²) in [5.74, 6) is 0.373. The SMILES string of the molecule is CCOc1ccc(C(=O)N(C)[C@@H](C)c2ccncn2)o1. The van der Waals surface area contributed by atoms with Gasteiger partial charge < -0.3 is 14.1 Å². The summed E-state index contributed by atoms with van der Waals surface area (Å²) in [6, 6.07) is 4.85. The smallest absolute Gasteiger partial charge is 0.290 e. The van der Waals surface area contributed by atoms with Crippen molar-refractivity contribution < 1.29 is 13.9 Å². The van der Waals surface area contributed by atoms with E-state index in [0.29, 0.717) is 12.6 Å². The van der Waals surface area contributed by atoms with E-state index >= 15 is 0 Å². The molecule has 1 amide bonds. The van der Waals surface area contributed by atoms with Crippen LogP contribution in [0.1, 0.15) is 36.1 Å². The Balaban J connectivity index is 2.11. The Morgan fingerprint density at radius 3 is 2.90 bits per heavy atom. The molecule has 0 aliphatic rings. The summed E-state index contributed by atoms with van der Waals surface area (Å²) >= 11 is 0. The van der Waals surface area contributed by atoms with Crippen LogP contribution in [0.2, 0.25) is 0 Å². The van der Waals surface area contributed by atoms with Crippen LogP contribution >= 0.6 is 0 Å². The summed E-state index contributed by atoms with van der Waals surface area (Å²) in [7, 11) is 1.71. The van der Waals surface area contributed by atoms with Crippen molar-refractivity contribution >= 4 is 5.91 Å². The Kier molecular flexibility index (Phi) is 4.34. The number of aromatic nitrogens is 2. The Morgan fingerprint density at radius 1 is 1.45 bits per heavy atom. The van der Waals surface area contributed by atoms with Gasteiger partial charge in [-0.25, -0.2) is 9.97 Å². The van der Waals surface area contributed by atoms with Gasteiger partial charge in [0.2, 0.25) is 0 Å². The zero-order valence-electron chi connectivity index (χ0n) is 11.7. The van der Waals surface area contributed by atoms with E-state index in [-0.39, 0.29) is 17.7 Å². The number of furan rings is 1. The fraction of sp³-hybridized carbons (Fsp3) is 0.357. The number of hydrogen-bond donors (Lipinski definition) is 0. The Bertz CT molecular complexity index is 568. The first-order valence-electron chi connectivity index (χ1n) is 6.39. The lowest BCUT2D eigenvalue weighted by Gasteiger charge is -2.23. The molecule has 0 N–H and O–H groups in total. The summed E-state index contributed by atoms with van der Waals surface area (Å²) in [4.78, 5) is 21.9. The largest absolute Gasteiger partial charge is 0.465 e. The highest BCUT2D eigenvalue weighted by atomic mass is 16.6. The average Bonchev–Trinajstić information content (AvgIpc) is 2.95. The normalized spacial score (nSPS) is 11.9. The van der Waals surface area contributed by atoms with Crippen LogP contribution < -0.4 is 4.74 Å². The molecule has 0 radical (unpaired) electrons. The predicted octanol–water partition coefficient (Wildman–Crippen LogP) is 2.30. The van der Waals surface area contributed by atoms with Crippen LogP contribution in [-0.4, -0.2) is 34.4 Å². The molecule has 2 aromatic heterocycles. The standard InChI is InChI=1S/C14H17N3O3/c1-4-19-13-6-5-12(20-13)14(18)17(3)10(2)11-7-8-15-9-16-11/h5-10H,4H2,1-3H3/t10-/m0/s1. The van der Waals surface area contributed by atoms with Crippen molar-refractivity contribution in [3.63, 3.8) is 0 Å². The number of hydrogen-bond acceptors (Lipinski definition) is 5. The maximum atomic E-state index is 12.3. The summed E-state index contributed by atoms with van der Waals surface area (Å²) < 4.78 is 10.6. The molecule has 0 saturated heterocycles. The van der Waals surface area contributed by atoms with E-state index in [1.165, 1.54) is 6.33 Å². The molecule has 0 aliphatic carbocycles. The molecule has 0 fully saturated rings. The fourth-order valence-corrected chi connectivity index (χ4v) is 1.75. The van der Waals surface area contributed by atoms with Crippen molar-refractivity contribution in [3.05, 3.63) is 42.2 Å². The Morgan fingerprint density at radius 2 is 2.25 bits per heavy atom. The van der Waals surface area contributed by atoms with Crippen LogP contribution in [0.5, 0.6) is 5.95 Å². The van der Waals surface area contributed by atoms with Crippen molar-refractivity contribution in [2.45, 2.75) is 19.9 Å². The van der Waals surface area contributed by atoms with E-state index in [0.717, 1.165) is 5.69 Å². The number of amides is 1. The molecule has 0 unspecified atom stereocenters. The molecule has 0 saturated carbocycles. The fourth-order valence-electron chi connectivity index (χ4n) is 1.75. The zero-order valence-corrected chi connectivity index (χ0v) is 11.7. The summed E-state index contributed by atoms with van der Waals surface area (Å²) in [6.45, 7) is 4.24. The molecule has 0 aliphatic heterocycles. The third kappa shape index (κ3) is 2.96. The van der Waals surface area contributed by atoms with Gasteiger partial charge in [-0.2, -0.15) is 0 Å². The number of nitrogens with zero attached hydrogens (tertiary/aromatic N) is 3. The van der Waals surface area contributed by atoms with Crippen LogP contribution in [0.15, 0.2) is 35.1 Å². The zero-order chi connectivity index (χ0) is 14.5. The molecular formula is C14H17N3O3. The van der Waals surface area contributed by atoms with E-state index in [2.05, 4.69) is 9.97 Å². The van der Waals surface area contributed by atoms with E-state index < -0.39 is 0 Å². The lowest BCUT2D eigenvalue weighted by Crippen LogP contribution is -2.29. The lowest BCUT2D eigenvalue weighted by molar-refractivity contribution is 0.0699. The average molecular weight is 275 g/mol. The first-order chi connectivity index (χ1) is 9.63. The summed E-state index contributed by atoms with van der Waals surface area (Å²) in [6.07, 6.45) is 3.11. The van der Waals surface area contributed by atoms with Gasteiger partial charge in [0.1, 0.15) is 6.33 Å². The third-order valence-electron chi connectivity index (χ3n) is 3.01. The van der Waals surface area contributed by atoms with Gasteiger partial charge in [0, 0.05) is 19.3 Å². The highest BCUT2D eigenvalue weighted by molar-refractivity contribution is 5.91. The van der Waals surface area contributed by atoms with Gasteiger partial charge in [0.15, 0.2) is 5.76 Å². The van der Waals surface area contributed by atoms with Gasteiger partial charge in [-0.05, 0) is 26.0 Å². The molecule has 0 aromatic carbocycles. The molecule has 6 nitrogen and oxygen atoms in total. The molecule has 0 bridgehead atoms. The number of carbonyl (C=O) groups is 1. The van der Waals surface area contributed by atoms with Gasteiger partial charge >= 0.3 is 0 Å². The van der Waals surface area contributed by atoms with Crippen molar-refractivity contribution in [1.29, 1.82) is 0 Å². The lowest BCUT2D eigenvalue weighted by atomic mass is 10.2. The van der Waals surface area contributed by atoms with E-state index in [4.69, 9.17) is 9.15 Å². The molecule has 2 rings (SSSR count). The molecular weight excluding hydrogens is 258 g/mol.